The van der Waals surface area contributed by atoms with Crippen LogP contribution in [0.5, 0.6) is 5.75 Å². The first kappa shape index (κ1) is 15.6. The summed E-state index contributed by atoms with van der Waals surface area (Å²) in [6.07, 6.45) is 7.69. The minimum atomic E-state index is 0.622. The maximum absolute atomic E-state index is 6.08. The maximum atomic E-state index is 6.08. The van der Waals surface area contributed by atoms with Crippen molar-refractivity contribution in [1.82, 2.24) is 24.6 Å². The minimum absolute atomic E-state index is 0.622. The molecule has 0 amide bonds. The molecular weight excluding hydrogens is 342 g/mol. The van der Waals surface area contributed by atoms with E-state index in [0.29, 0.717) is 23.8 Å². The molecule has 4 heterocycles. The van der Waals surface area contributed by atoms with Crippen molar-refractivity contribution < 1.29 is 4.74 Å². The molecule has 8 heteroatoms. The Morgan fingerprint density at radius 1 is 1.19 bits per heavy atom. The molecule has 0 bridgehead atoms. The molecule has 134 valence electrons. The van der Waals surface area contributed by atoms with E-state index in [1.165, 1.54) is 11.1 Å². The SMILES string of the molecule is Nc1ccncc1-c1cnc(NCc2cccc3c2CCO3)n2cnnc12. The predicted molar refractivity (Wildman–Crippen MR) is 101 cm³/mol. The van der Waals surface area contributed by atoms with Gasteiger partial charge in [0.25, 0.3) is 0 Å². The zero-order valence-corrected chi connectivity index (χ0v) is 14.5. The first-order valence-electron chi connectivity index (χ1n) is 8.67. The molecule has 0 atom stereocenters. The van der Waals surface area contributed by atoms with Crippen LogP contribution in [0.4, 0.5) is 11.6 Å². The molecule has 5 rings (SSSR count). The average molecular weight is 359 g/mol. The molecule has 27 heavy (non-hydrogen) atoms. The van der Waals surface area contributed by atoms with Crippen molar-refractivity contribution in [3.63, 3.8) is 0 Å². The number of nitrogen functional groups attached to an aromatic ring is 1. The van der Waals surface area contributed by atoms with Gasteiger partial charge in [0.15, 0.2) is 5.65 Å². The Labute approximate surface area is 155 Å². The van der Waals surface area contributed by atoms with Crippen molar-refractivity contribution in [3.05, 3.63) is 60.3 Å². The second-order valence-corrected chi connectivity index (χ2v) is 6.33. The van der Waals surface area contributed by atoms with Gasteiger partial charge in [0.2, 0.25) is 5.95 Å². The number of aromatic nitrogens is 5. The fourth-order valence-corrected chi connectivity index (χ4v) is 3.40. The highest BCUT2D eigenvalue weighted by Gasteiger charge is 2.17. The first-order chi connectivity index (χ1) is 13.3. The lowest BCUT2D eigenvalue weighted by molar-refractivity contribution is 0.357. The topological polar surface area (TPSA) is 103 Å². The Morgan fingerprint density at radius 2 is 2.15 bits per heavy atom. The third-order valence-corrected chi connectivity index (χ3v) is 4.75. The van der Waals surface area contributed by atoms with E-state index in [1.54, 1.807) is 31.0 Å². The van der Waals surface area contributed by atoms with Crippen LogP contribution in [0.15, 0.2) is 49.2 Å². The Morgan fingerprint density at radius 3 is 3.07 bits per heavy atom. The van der Waals surface area contributed by atoms with Crippen LogP contribution in [0.3, 0.4) is 0 Å². The van der Waals surface area contributed by atoms with Gasteiger partial charge in [-0.3, -0.25) is 9.38 Å². The summed E-state index contributed by atoms with van der Waals surface area (Å²) in [6, 6.07) is 7.88. The van der Waals surface area contributed by atoms with E-state index in [1.807, 2.05) is 16.5 Å². The fourth-order valence-electron chi connectivity index (χ4n) is 3.40. The van der Waals surface area contributed by atoms with E-state index in [-0.39, 0.29) is 0 Å². The third-order valence-electron chi connectivity index (χ3n) is 4.75. The summed E-state index contributed by atoms with van der Waals surface area (Å²) < 4.78 is 7.46. The van der Waals surface area contributed by atoms with Crippen LogP contribution in [0, 0.1) is 0 Å². The molecule has 0 aliphatic carbocycles. The Bertz CT molecular complexity index is 1140. The number of nitrogens with zero attached hydrogens (tertiary/aromatic N) is 5. The van der Waals surface area contributed by atoms with Crippen LogP contribution >= 0.6 is 0 Å². The number of fused-ring (bicyclic) bond motifs is 2. The number of nitrogens with one attached hydrogen (secondary N) is 1. The van der Waals surface area contributed by atoms with Gasteiger partial charge in [-0.15, -0.1) is 10.2 Å². The number of pyridine rings is 1. The zero-order valence-electron chi connectivity index (χ0n) is 14.5. The van der Waals surface area contributed by atoms with Gasteiger partial charge in [-0.25, -0.2) is 4.98 Å². The number of hydrogen-bond acceptors (Lipinski definition) is 7. The molecule has 0 saturated heterocycles. The summed E-state index contributed by atoms with van der Waals surface area (Å²) in [7, 11) is 0. The van der Waals surface area contributed by atoms with Crippen molar-refractivity contribution in [1.29, 1.82) is 0 Å². The van der Waals surface area contributed by atoms with Crippen molar-refractivity contribution in [2.24, 2.45) is 0 Å². The summed E-state index contributed by atoms with van der Waals surface area (Å²) in [5.41, 5.74) is 11.4. The summed E-state index contributed by atoms with van der Waals surface area (Å²) in [4.78, 5) is 8.71. The standard InChI is InChI=1S/C19H17N7O/c20-16-4-6-21-9-14(16)15-10-23-19(26-11-24-25-18(15)26)22-8-12-2-1-3-17-13(12)5-7-27-17/h1-4,6,9-11H,5,7-8H2,(H2,20,21)(H,22,23). The van der Waals surface area contributed by atoms with E-state index in [2.05, 4.69) is 31.5 Å². The maximum Gasteiger partial charge on any atom is 0.210 e. The summed E-state index contributed by atoms with van der Waals surface area (Å²) in [6.45, 7) is 1.38. The molecule has 3 aromatic heterocycles. The minimum Gasteiger partial charge on any atom is -0.493 e. The van der Waals surface area contributed by atoms with Crippen molar-refractivity contribution >= 4 is 17.3 Å². The Kier molecular flexibility index (Phi) is 3.60. The van der Waals surface area contributed by atoms with Gasteiger partial charge in [-0.05, 0) is 17.7 Å². The Balaban J connectivity index is 1.49. The van der Waals surface area contributed by atoms with Crippen LogP contribution < -0.4 is 15.8 Å². The molecule has 0 fully saturated rings. The molecule has 0 saturated carbocycles. The highest BCUT2D eigenvalue weighted by atomic mass is 16.5. The van der Waals surface area contributed by atoms with Gasteiger partial charge >= 0.3 is 0 Å². The van der Waals surface area contributed by atoms with Crippen LogP contribution in [-0.2, 0) is 13.0 Å². The molecule has 3 N–H and O–H groups in total. The second-order valence-electron chi connectivity index (χ2n) is 6.33. The fraction of sp³-hybridized carbons (Fsp3) is 0.158. The van der Waals surface area contributed by atoms with Crippen LogP contribution in [-0.4, -0.2) is 31.2 Å². The lowest BCUT2D eigenvalue weighted by Crippen LogP contribution is -2.08. The van der Waals surface area contributed by atoms with Gasteiger partial charge in [-0.1, -0.05) is 12.1 Å². The third kappa shape index (κ3) is 2.62. The second kappa shape index (κ2) is 6.24. The van der Waals surface area contributed by atoms with Gasteiger partial charge < -0.3 is 15.8 Å². The highest BCUT2D eigenvalue weighted by molar-refractivity contribution is 5.84. The number of ether oxygens (including phenoxy) is 1. The lowest BCUT2D eigenvalue weighted by atomic mass is 10.1. The smallest absolute Gasteiger partial charge is 0.210 e. The number of benzene rings is 1. The molecule has 1 aliphatic rings. The van der Waals surface area contributed by atoms with Gasteiger partial charge in [0.1, 0.15) is 12.1 Å². The van der Waals surface area contributed by atoms with Gasteiger partial charge in [-0.2, -0.15) is 0 Å². The summed E-state index contributed by atoms with van der Waals surface area (Å²) in [5, 5.41) is 11.7. The predicted octanol–water partition coefficient (Wildman–Crippen LogP) is 2.32. The monoisotopic (exact) mass is 359 g/mol. The molecule has 4 aromatic rings. The van der Waals surface area contributed by atoms with Crippen molar-refractivity contribution in [2.75, 3.05) is 17.7 Å². The van der Waals surface area contributed by atoms with Crippen molar-refractivity contribution in [2.45, 2.75) is 13.0 Å². The average Bonchev–Trinajstić information content (AvgIpc) is 3.36. The van der Waals surface area contributed by atoms with E-state index >= 15 is 0 Å². The summed E-state index contributed by atoms with van der Waals surface area (Å²) in [5.74, 6) is 1.64. The Hall–Kier alpha value is -3.68. The van der Waals surface area contributed by atoms with E-state index in [0.717, 1.165) is 29.9 Å². The normalized spacial score (nSPS) is 12.7. The van der Waals surface area contributed by atoms with E-state index in [9.17, 15) is 0 Å². The molecular formula is C19H17N7O. The molecule has 1 aromatic carbocycles. The summed E-state index contributed by atoms with van der Waals surface area (Å²) >= 11 is 0. The van der Waals surface area contributed by atoms with E-state index in [4.69, 9.17) is 10.5 Å². The van der Waals surface area contributed by atoms with Crippen LogP contribution in [0.1, 0.15) is 11.1 Å². The largest absolute Gasteiger partial charge is 0.493 e. The van der Waals surface area contributed by atoms with Crippen LogP contribution in [0.25, 0.3) is 16.8 Å². The van der Waals surface area contributed by atoms with E-state index < -0.39 is 0 Å². The molecule has 0 radical (unpaired) electrons. The highest BCUT2D eigenvalue weighted by Crippen LogP contribution is 2.30. The number of nitrogens with two attached hydrogens (primary N) is 1. The van der Waals surface area contributed by atoms with Gasteiger partial charge in [0, 0.05) is 53.9 Å². The molecule has 0 spiro atoms. The molecule has 0 unspecified atom stereocenters. The number of rotatable bonds is 4. The van der Waals surface area contributed by atoms with Crippen molar-refractivity contribution in [3.8, 4) is 16.9 Å². The molecule has 8 nitrogen and oxygen atoms in total. The quantitative estimate of drug-likeness (QED) is 0.576. The molecule has 1 aliphatic heterocycles. The van der Waals surface area contributed by atoms with Crippen LogP contribution in [0.2, 0.25) is 0 Å². The number of hydrogen-bond donors (Lipinski definition) is 2. The lowest BCUT2D eigenvalue weighted by Gasteiger charge is -2.12. The van der Waals surface area contributed by atoms with Gasteiger partial charge in [0.05, 0.1) is 6.61 Å². The first-order valence-corrected chi connectivity index (χ1v) is 8.67. The zero-order chi connectivity index (χ0) is 18.2. The number of anilines is 2.